The van der Waals surface area contributed by atoms with Gasteiger partial charge in [-0.25, -0.2) is 19.9 Å². The molecule has 2 N–H and O–H groups in total. The lowest BCUT2D eigenvalue weighted by molar-refractivity contribution is 0.413. The summed E-state index contributed by atoms with van der Waals surface area (Å²) in [6, 6.07) is 12.3. The van der Waals surface area contributed by atoms with Crippen molar-refractivity contribution in [2.75, 3.05) is 5.73 Å². The Hall–Kier alpha value is -3.29. The van der Waals surface area contributed by atoms with E-state index in [2.05, 4.69) is 64.6 Å². The minimum atomic E-state index is -0.214. The molecule has 0 amide bonds. The third-order valence-corrected chi connectivity index (χ3v) is 7.04. The largest absolute Gasteiger partial charge is 0.368 e. The summed E-state index contributed by atoms with van der Waals surface area (Å²) in [5.74, 6) is 1.13. The summed E-state index contributed by atoms with van der Waals surface area (Å²) in [6.45, 7) is 10.6. The van der Waals surface area contributed by atoms with Gasteiger partial charge in [-0.3, -0.25) is 0 Å². The lowest BCUT2D eigenvalue weighted by Gasteiger charge is -2.25. The fourth-order valence-electron chi connectivity index (χ4n) is 4.29. The molecule has 3 aromatic heterocycles. The van der Waals surface area contributed by atoms with Gasteiger partial charge >= 0.3 is 0 Å². The summed E-state index contributed by atoms with van der Waals surface area (Å²) in [7, 11) is 0. The molecular weight excluding hydrogens is 464 g/mol. The number of nitrogens with two attached hydrogens (primary N) is 1. The van der Waals surface area contributed by atoms with E-state index in [4.69, 9.17) is 22.3 Å². The lowest BCUT2D eigenvalue weighted by atomic mass is 10.0. The Kier molecular flexibility index (Phi) is 5.41. The molecule has 3 heterocycles. The Morgan fingerprint density at radius 3 is 2.29 bits per heavy atom. The number of benzene rings is 2. The van der Waals surface area contributed by atoms with Crippen LogP contribution in [0, 0.1) is 13.8 Å². The van der Waals surface area contributed by atoms with Gasteiger partial charge in [-0.1, -0.05) is 23.7 Å². The van der Waals surface area contributed by atoms with Crippen molar-refractivity contribution < 1.29 is 0 Å². The molecule has 0 saturated carbocycles. The van der Waals surface area contributed by atoms with Crippen LogP contribution in [-0.4, -0.2) is 24.5 Å². The van der Waals surface area contributed by atoms with E-state index in [1.54, 1.807) is 23.7 Å². The third kappa shape index (κ3) is 3.95. The number of fused-ring (bicyclic) bond motifs is 1. The van der Waals surface area contributed by atoms with E-state index in [1.165, 1.54) is 0 Å². The first-order valence-corrected chi connectivity index (χ1v) is 12.2. The van der Waals surface area contributed by atoms with Crippen molar-refractivity contribution in [3.8, 4) is 33.0 Å². The fourth-order valence-corrected chi connectivity index (χ4v) is 5.42. The van der Waals surface area contributed by atoms with Crippen LogP contribution in [-0.2, 0) is 5.54 Å². The first-order valence-electron chi connectivity index (χ1n) is 11.0. The summed E-state index contributed by atoms with van der Waals surface area (Å²) >= 11 is 8.20. The molecule has 5 rings (SSSR count). The second-order valence-electron chi connectivity index (χ2n) is 9.31. The summed E-state index contributed by atoms with van der Waals surface area (Å²) in [6.07, 6.45) is 3.46. The van der Waals surface area contributed by atoms with E-state index in [1.807, 2.05) is 26.0 Å². The molecule has 0 aliphatic heterocycles. The topological polar surface area (TPSA) is 82.5 Å². The van der Waals surface area contributed by atoms with Gasteiger partial charge in [0.2, 0.25) is 5.95 Å². The predicted octanol–water partition coefficient (Wildman–Crippen LogP) is 6.89. The van der Waals surface area contributed by atoms with Crippen LogP contribution in [0.1, 0.15) is 31.5 Å². The maximum Gasteiger partial charge on any atom is 0.219 e. The van der Waals surface area contributed by atoms with Gasteiger partial charge < -0.3 is 10.3 Å². The van der Waals surface area contributed by atoms with Gasteiger partial charge in [-0.15, -0.1) is 11.3 Å². The van der Waals surface area contributed by atoms with Crippen LogP contribution in [0.15, 0.2) is 48.8 Å². The van der Waals surface area contributed by atoms with E-state index >= 15 is 0 Å². The average Bonchev–Trinajstić information content (AvgIpc) is 3.33. The van der Waals surface area contributed by atoms with E-state index < -0.39 is 0 Å². The molecule has 34 heavy (non-hydrogen) atoms. The second-order valence-corrected chi connectivity index (χ2v) is 11.0. The molecule has 0 atom stereocenters. The molecule has 172 valence electrons. The third-order valence-electron chi connectivity index (χ3n) is 5.70. The zero-order chi connectivity index (χ0) is 24.2. The number of rotatable bonds is 3. The van der Waals surface area contributed by atoms with Gasteiger partial charge in [0.25, 0.3) is 0 Å². The highest BCUT2D eigenvalue weighted by Gasteiger charge is 2.25. The number of hydrogen-bond donors (Lipinski definition) is 1. The quantitative estimate of drug-likeness (QED) is 0.299. The Labute approximate surface area is 207 Å². The molecule has 2 aromatic carbocycles. The van der Waals surface area contributed by atoms with Gasteiger partial charge in [-0.05, 0) is 64.4 Å². The van der Waals surface area contributed by atoms with Crippen LogP contribution in [0.2, 0.25) is 5.02 Å². The minimum absolute atomic E-state index is 0.214. The molecule has 0 bridgehead atoms. The number of nitrogens with zero attached hydrogens (tertiary/aromatic N) is 5. The predicted molar refractivity (Wildman–Crippen MR) is 141 cm³/mol. The lowest BCUT2D eigenvalue weighted by Crippen LogP contribution is -2.22. The van der Waals surface area contributed by atoms with Gasteiger partial charge in [0.05, 0.1) is 26.6 Å². The van der Waals surface area contributed by atoms with Crippen molar-refractivity contribution in [3.05, 3.63) is 64.5 Å². The molecule has 0 unspecified atom stereocenters. The monoisotopic (exact) mass is 488 g/mol. The van der Waals surface area contributed by atoms with E-state index in [0.29, 0.717) is 5.02 Å². The Balaban J connectivity index is 1.78. The first-order chi connectivity index (χ1) is 16.1. The van der Waals surface area contributed by atoms with Crippen molar-refractivity contribution in [2.24, 2.45) is 0 Å². The van der Waals surface area contributed by atoms with Gasteiger partial charge in [0, 0.05) is 39.6 Å². The number of halogens is 1. The normalized spacial score (nSPS) is 11.9. The van der Waals surface area contributed by atoms with Crippen LogP contribution in [0.3, 0.4) is 0 Å². The highest BCUT2D eigenvalue weighted by molar-refractivity contribution is 7.15. The number of hydrogen-bond acceptors (Lipinski definition) is 6. The summed E-state index contributed by atoms with van der Waals surface area (Å²) < 4.78 is 2.28. The molecule has 0 aliphatic carbocycles. The molecule has 0 saturated heterocycles. The molecule has 0 fully saturated rings. The summed E-state index contributed by atoms with van der Waals surface area (Å²) in [5, 5.41) is 1.71. The highest BCUT2D eigenvalue weighted by atomic mass is 35.5. The van der Waals surface area contributed by atoms with Crippen LogP contribution < -0.4 is 5.73 Å². The number of aryl methyl sites for hydroxylation is 2. The highest BCUT2D eigenvalue weighted by Crippen LogP contribution is 2.41. The zero-order valence-corrected chi connectivity index (χ0v) is 21.3. The molecule has 6 nitrogen and oxygen atoms in total. The van der Waals surface area contributed by atoms with E-state index in [0.717, 1.165) is 54.7 Å². The Bertz CT molecular complexity index is 1530. The smallest absolute Gasteiger partial charge is 0.219 e. The van der Waals surface area contributed by atoms with Crippen molar-refractivity contribution in [2.45, 2.75) is 40.2 Å². The number of aromatic nitrogens is 5. The fraction of sp³-hybridized carbons (Fsp3) is 0.231. The van der Waals surface area contributed by atoms with Crippen LogP contribution in [0.5, 0.6) is 0 Å². The van der Waals surface area contributed by atoms with Crippen molar-refractivity contribution >= 4 is 39.9 Å². The molecule has 0 aliphatic rings. The maximum atomic E-state index is 6.51. The molecule has 8 heteroatoms. The maximum absolute atomic E-state index is 6.51. The molecule has 0 radical (unpaired) electrons. The number of nitrogen functional groups attached to an aromatic ring is 1. The average molecular weight is 489 g/mol. The minimum Gasteiger partial charge on any atom is -0.368 e. The molecular formula is C26H25ClN6S. The van der Waals surface area contributed by atoms with Gasteiger partial charge in [0.1, 0.15) is 5.82 Å². The molecule has 0 spiro atoms. The Morgan fingerprint density at radius 2 is 1.65 bits per heavy atom. The SMILES string of the molecule is Cc1nc(C)c(-c2ccc(Cl)cc2-c2nc3cc(-c4cnc(N)nc4)ccc3n2C(C)(C)C)s1. The van der Waals surface area contributed by atoms with Gasteiger partial charge in [0.15, 0.2) is 0 Å². The van der Waals surface area contributed by atoms with Crippen LogP contribution >= 0.6 is 22.9 Å². The van der Waals surface area contributed by atoms with Crippen molar-refractivity contribution in [1.82, 2.24) is 24.5 Å². The summed E-state index contributed by atoms with van der Waals surface area (Å²) in [4.78, 5) is 19.2. The molecule has 5 aromatic rings. The first kappa shape index (κ1) is 22.5. The Morgan fingerprint density at radius 1 is 0.912 bits per heavy atom. The van der Waals surface area contributed by atoms with Gasteiger partial charge in [-0.2, -0.15) is 0 Å². The zero-order valence-electron chi connectivity index (χ0n) is 19.7. The number of thiazole rings is 1. The number of imidazole rings is 1. The standard InChI is InChI=1S/C26H25ClN6S/c1-14-23(34-15(2)31-14)19-8-7-18(27)11-20(19)24-32-21-10-16(17-12-29-25(28)30-13-17)6-9-22(21)33(24)26(3,4)5/h6-13H,1-5H3,(H2,28,29,30). The van der Waals surface area contributed by atoms with Crippen molar-refractivity contribution in [3.63, 3.8) is 0 Å². The van der Waals surface area contributed by atoms with E-state index in [9.17, 15) is 0 Å². The second kappa shape index (κ2) is 8.18. The van der Waals surface area contributed by atoms with E-state index in [-0.39, 0.29) is 11.5 Å². The van der Waals surface area contributed by atoms with Crippen LogP contribution in [0.4, 0.5) is 5.95 Å². The number of anilines is 1. The summed E-state index contributed by atoms with van der Waals surface area (Å²) in [5.41, 5.74) is 12.3. The van der Waals surface area contributed by atoms with Crippen molar-refractivity contribution in [1.29, 1.82) is 0 Å². The van der Waals surface area contributed by atoms with Crippen LogP contribution in [0.25, 0.3) is 44.0 Å².